The van der Waals surface area contributed by atoms with Gasteiger partial charge in [0.15, 0.2) is 5.82 Å². The van der Waals surface area contributed by atoms with Crippen LogP contribution in [0.15, 0.2) is 33.5 Å². The molecule has 1 atom stereocenters. The van der Waals surface area contributed by atoms with Gasteiger partial charge in [-0.3, -0.25) is 0 Å². The van der Waals surface area contributed by atoms with E-state index in [1.807, 2.05) is 19.1 Å². The van der Waals surface area contributed by atoms with Gasteiger partial charge in [-0.15, -0.1) is 10.2 Å². The summed E-state index contributed by atoms with van der Waals surface area (Å²) in [6.45, 7) is 3.91. The average Bonchev–Trinajstić information content (AvgIpc) is 3.32. The summed E-state index contributed by atoms with van der Waals surface area (Å²) in [5.41, 5.74) is 3.57. The maximum atomic E-state index is 11.6. The van der Waals surface area contributed by atoms with Crippen LogP contribution in [0.2, 0.25) is 0 Å². The Balaban J connectivity index is 1.36. The van der Waals surface area contributed by atoms with E-state index >= 15 is 0 Å². The molecule has 1 aliphatic carbocycles. The maximum absolute atomic E-state index is 11.6. The van der Waals surface area contributed by atoms with E-state index in [0.29, 0.717) is 28.4 Å². The van der Waals surface area contributed by atoms with Gasteiger partial charge in [-0.1, -0.05) is 0 Å². The Hall–Kier alpha value is -2.93. The van der Waals surface area contributed by atoms with Crippen molar-refractivity contribution in [3.63, 3.8) is 0 Å². The van der Waals surface area contributed by atoms with E-state index in [1.54, 1.807) is 0 Å². The van der Waals surface area contributed by atoms with Gasteiger partial charge in [0, 0.05) is 46.8 Å². The van der Waals surface area contributed by atoms with Crippen LogP contribution in [0.25, 0.3) is 22.2 Å². The minimum absolute atomic E-state index is 0.0365. The van der Waals surface area contributed by atoms with Gasteiger partial charge >= 0.3 is 5.63 Å². The zero-order valence-corrected chi connectivity index (χ0v) is 16.9. The lowest BCUT2D eigenvalue weighted by Crippen LogP contribution is -2.49. The largest absolute Gasteiger partial charge is 0.507 e. The fourth-order valence-electron chi connectivity index (χ4n) is 5.17. The van der Waals surface area contributed by atoms with E-state index in [2.05, 4.69) is 20.4 Å². The van der Waals surface area contributed by atoms with Crippen LogP contribution < -0.4 is 15.8 Å². The molecule has 2 fully saturated rings. The molecule has 1 saturated heterocycles. The number of hydrogen-bond acceptors (Lipinski definition) is 7. The molecule has 3 aliphatic rings. The van der Waals surface area contributed by atoms with Crippen molar-refractivity contribution in [3.8, 4) is 17.0 Å². The van der Waals surface area contributed by atoms with Crippen molar-refractivity contribution in [2.45, 2.75) is 50.6 Å². The van der Waals surface area contributed by atoms with Crippen LogP contribution >= 0.6 is 0 Å². The first-order chi connectivity index (χ1) is 14.5. The standard InChI is InChI=1S/C23H24N4O3/c1-13-8-21(29)30-20-11-19(28)17(10-16(13)20)18-9-14-3-7-27(22(14)26-25-18)15-2-6-24-23(12-15)4-5-23/h8-11,15,24,28H,2-7,12H2,1H3. The van der Waals surface area contributed by atoms with Crippen molar-refractivity contribution in [2.75, 3.05) is 18.0 Å². The Kier molecular flexibility index (Phi) is 3.75. The van der Waals surface area contributed by atoms with Gasteiger partial charge in [0.1, 0.15) is 11.3 Å². The molecule has 7 heteroatoms. The molecule has 1 spiro atoms. The minimum atomic E-state index is -0.421. The summed E-state index contributed by atoms with van der Waals surface area (Å²) in [5.74, 6) is 1.03. The maximum Gasteiger partial charge on any atom is 0.336 e. The van der Waals surface area contributed by atoms with Crippen LogP contribution in [0.1, 0.15) is 36.8 Å². The molecule has 3 aromatic rings. The highest BCUT2D eigenvalue weighted by Gasteiger charge is 2.47. The van der Waals surface area contributed by atoms with E-state index in [-0.39, 0.29) is 5.75 Å². The number of aryl methyl sites for hydroxylation is 1. The van der Waals surface area contributed by atoms with Crippen molar-refractivity contribution in [1.82, 2.24) is 15.5 Å². The predicted octanol–water partition coefficient (Wildman–Crippen LogP) is 2.91. The Morgan fingerprint density at radius 3 is 2.93 bits per heavy atom. The summed E-state index contributed by atoms with van der Waals surface area (Å²) in [4.78, 5) is 14.1. The smallest absolute Gasteiger partial charge is 0.336 e. The third-order valence-corrected chi connectivity index (χ3v) is 6.99. The molecule has 0 radical (unpaired) electrons. The molecule has 2 aromatic heterocycles. The minimum Gasteiger partial charge on any atom is -0.507 e. The van der Waals surface area contributed by atoms with Crippen LogP contribution in [0.3, 0.4) is 0 Å². The molecule has 1 saturated carbocycles. The summed E-state index contributed by atoms with van der Waals surface area (Å²) >= 11 is 0. The third-order valence-electron chi connectivity index (χ3n) is 6.99. The van der Waals surface area contributed by atoms with Crippen LogP contribution in [-0.4, -0.2) is 40.0 Å². The number of aromatic hydroxyl groups is 1. The summed E-state index contributed by atoms with van der Waals surface area (Å²) < 4.78 is 5.23. The first kappa shape index (κ1) is 17.9. The second kappa shape index (κ2) is 6.28. The number of fused-ring (bicyclic) bond motifs is 2. The Morgan fingerprint density at radius 2 is 2.10 bits per heavy atom. The molecule has 0 bridgehead atoms. The number of benzene rings is 1. The van der Waals surface area contributed by atoms with Crippen molar-refractivity contribution in [3.05, 3.63) is 45.8 Å². The van der Waals surface area contributed by atoms with Crippen LogP contribution in [0.5, 0.6) is 5.75 Å². The molecule has 0 amide bonds. The zero-order chi connectivity index (χ0) is 20.5. The molecule has 1 unspecified atom stereocenters. The van der Waals surface area contributed by atoms with E-state index in [0.717, 1.165) is 42.7 Å². The molecular weight excluding hydrogens is 380 g/mol. The monoisotopic (exact) mass is 404 g/mol. The average molecular weight is 404 g/mol. The van der Waals surface area contributed by atoms with Gasteiger partial charge < -0.3 is 19.7 Å². The fourth-order valence-corrected chi connectivity index (χ4v) is 5.17. The number of nitrogens with one attached hydrogen (secondary N) is 1. The molecule has 4 heterocycles. The summed E-state index contributed by atoms with van der Waals surface area (Å²) in [6, 6.07) is 7.35. The Morgan fingerprint density at radius 1 is 1.23 bits per heavy atom. The first-order valence-corrected chi connectivity index (χ1v) is 10.7. The second-order valence-corrected chi connectivity index (χ2v) is 8.99. The van der Waals surface area contributed by atoms with Gasteiger partial charge in [-0.2, -0.15) is 0 Å². The summed E-state index contributed by atoms with van der Waals surface area (Å²) in [5, 5.41) is 24.1. The van der Waals surface area contributed by atoms with Gasteiger partial charge in [-0.05, 0) is 63.3 Å². The third kappa shape index (κ3) is 2.80. The van der Waals surface area contributed by atoms with Crippen LogP contribution in [0.4, 0.5) is 5.82 Å². The van der Waals surface area contributed by atoms with Crippen molar-refractivity contribution < 1.29 is 9.52 Å². The lowest BCUT2D eigenvalue weighted by molar-refractivity contribution is 0.333. The summed E-state index contributed by atoms with van der Waals surface area (Å²) in [6.07, 6.45) is 5.84. The highest BCUT2D eigenvalue weighted by molar-refractivity contribution is 5.88. The second-order valence-electron chi connectivity index (χ2n) is 8.99. The van der Waals surface area contributed by atoms with E-state index in [4.69, 9.17) is 4.42 Å². The van der Waals surface area contributed by atoms with Gasteiger partial charge in [0.2, 0.25) is 0 Å². The van der Waals surface area contributed by atoms with Crippen LogP contribution in [0, 0.1) is 6.92 Å². The van der Waals surface area contributed by atoms with Gasteiger partial charge in [0.25, 0.3) is 0 Å². The molecule has 7 nitrogen and oxygen atoms in total. The number of phenolic OH excluding ortho intramolecular Hbond substituents is 1. The summed E-state index contributed by atoms with van der Waals surface area (Å²) in [7, 11) is 0. The zero-order valence-electron chi connectivity index (χ0n) is 16.9. The van der Waals surface area contributed by atoms with E-state index in [9.17, 15) is 9.90 Å². The number of rotatable bonds is 2. The van der Waals surface area contributed by atoms with Gasteiger partial charge in [-0.25, -0.2) is 4.79 Å². The van der Waals surface area contributed by atoms with E-state index in [1.165, 1.54) is 37.0 Å². The normalized spacial score (nSPS) is 21.9. The van der Waals surface area contributed by atoms with E-state index < -0.39 is 5.63 Å². The molecule has 154 valence electrons. The molecule has 2 N–H and O–H groups in total. The quantitative estimate of drug-likeness (QED) is 0.635. The number of phenols is 1. The fraction of sp³-hybridized carbons (Fsp3) is 0.435. The number of hydrogen-bond donors (Lipinski definition) is 2. The Bertz CT molecular complexity index is 1230. The molecular formula is C23H24N4O3. The van der Waals surface area contributed by atoms with Crippen molar-refractivity contribution in [2.24, 2.45) is 0 Å². The molecule has 2 aliphatic heterocycles. The van der Waals surface area contributed by atoms with Crippen LogP contribution in [-0.2, 0) is 6.42 Å². The lowest BCUT2D eigenvalue weighted by atomic mass is 9.96. The predicted molar refractivity (Wildman–Crippen MR) is 114 cm³/mol. The molecule has 1 aromatic carbocycles. The number of nitrogens with zero attached hydrogens (tertiary/aromatic N) is 3. The SMILES string of the molecule is Cc1cc(=O)oc2cc(O)c(-c3cc4c(nn3)N(C3CCNC5(CC5)C3)CC4)cc12. The highest BCUT2D eigenvalue weighted by Crippen LogP contribution is 2.45. The van der Waals surface area contributed by atoms with Gasteiger partial charge in [0.05, 0.1) is 5.69 Å². The Labute approximate surface area is 173 Å². The highest BCUT2D eigenvalue weighted by atomic mass is 16.4. The number of piperidine rings is 1. The van der Waals surface area contributed by atoms with Crippen molar-refractivity contribution in [1.29, 1.82) is 0 Å². The number of aromatic nitrogens is 2. The van der Waals surface area contributed by atoms with Crippen molar-refractivity contribution >= 4 is 16.8 Å². The topological polar surface area (TPSA) is 91.5 Å². The molecule has 6 rings (SSSR count). The lowest BCUT2D eigenvalue weighted by Gasteiger charge is -2.37. The first-order valence-electron chi connectivity index (χ1n) is 10.7. The molecule has 30 heavy (non-hydrogen) atoms. The number of anilines is 1.